The first-order valence-corrected chi connectivity index (χ1v) is 11.1. The van der Waals surface area contributed by atoms with Crippen LogP contribution in [0, 0.1) is 5.92 Å². The largest absolute Gasteiger partial charge is 0.497 e. The molecule has 0 saturated heterocycles. The van der Waals surface area contributed by atoms with Gasteiger partial charge in [-0.05, 0) is 48.2 Å². The number of halogens is 1. The van der Waals surface area contributed by atoms with E-state index in [4.69, 9.17) is 16.3 Å². The van der Waals surface area contributed by atoms with Crippen molar-refractivity contribution in [3.05, 3.63) is 58.6 Å². The molecule has 8 heteroatoms. The number of benzene rings is 2. The van der Waals surface area contributed by atoms with Crippen molar-refractivity contribution in [3.8, 4) is 5.75 Å². The van der Waals surface area contributed by atoms with Crippen LogP contribution in [0.5, 0.6) is 5.75 Å². The van der Waals surface area contributed by atoms with Gasteiger partial charge in [0.25, 0.3) is 5.91 Å². The number of carbonyl (C=O) groups excluding carboxylic acids is 1. The van der Waals surface area contributed by atoms with Gasteiger partial charge in [0.1, 0.15) is 5.75 Å². The van der Waals surface area contributed by atoms with Gasteiger partial charge in [-0.25, -0.2) is 8.42 Å². The van der Waals surface area contributed by atoms with Gasteiger partial charge >= 0.3 is 0 Å². The summed E-state index contributed by atoms with van der Waals surface area (Å²) < 4.78 is 30.2. The SMILES string of the molecule is COc1ccc(C(CC(C)C)NC(=O)c2ccc(NS(C)(=O)=O)c(Cl)c2)cc1. The summed E-state index contributed by atoms with van der Waals surface area (Å²) in [6.45, 7) is 4.18. The zero-order chi connectivity index (χ0) is 20.9. The molecule has 0 saturated carbocycles. The van der Waals surface area contributed by atoms with Crippen LogP contribution in [0.25, 0.3) is 0 Å². The second-order valence-electron chi connectivity index (χ2n) is 7.00. The normalized spacial score (nSPS) is 12.5. The Morgan fingerprint density at radius 1 is 1.14 bits per heavy atom. The average molecular weight is 425 g/mol. The van der Waals surface area contributed by atoms with E-state index in [0.29, 0.717) is 11.5 Å². The van der Waals surface area contributed by atoms with E-state index >= 15 is 0 Å². The number of nitrogens with one attached hydrogen (secondary N) is 2. The van der Waals surface area contributed by atoms with Crippen molar-refractivity contribution in [2.75, 3.05) is 18.1 Å². The minimum atomic E-state index is -3.45. The molecule has 28 heavy (non-hydrogen) atoms. The van der Waals surface area contributed by atoms with Crippen LogP contribution >= 0.6 is 11.6 Å². The fraction of sp³-hybridized carbons (Fsp3) is 0.350. The highest BCUT2D eigenvalue weighted by atomic mass is 35.5. The molecule has 0 aliphatic rings. The number of methoxy groups -OCH3 is 1. The molecule has 2 N–H and O–H groups in total. The van der Waals surface area contributed by atoms with E-state index in [-0.39, 0.29) is 22.7 Å². The molecule has 1 amide bonds. The Labute approximate surface area is 171 Å². The lowest BCUT2D eigenvalue weighted by Crippen LogP contribution is -2.29. The zero-order valence-electron chi connectivity index (χ0n) is 16.3. The van der Waals surface area contributed by atoms with Crippen LogP contribution in [-0.2, 0) is 10.0 Å². The lowest BCUT2D eigenvalue weighted by atomic mass is 9.96. The molecule has 2 aromatic carbocycles. The number of hydrogen-bond acceptors (Lipinski definition) is 4. The van der Waals surface area contributed by atoms with E-state index < -0.39 is 10.0 Å². The molecule has 1 unspecified atom stereocenters. The highest BCUT2D eigenvalue weighted by Crippen LogP contribution is 2.26. The van der Waals surface area contributed by atoms with Gasteiger partial charge in [0.05, 0.1) is 30.1 Å². The van der Waals surface area contributed by atoms with Crippen LogP contribution in [-0.4, -0.2) is 27.7 Å². The van der Waals surface area contributed by atoms with Crippen LogP contribution in [0.3, 0.4) is 0 Å². The Morgan fingerprint density at radius 2 is 1.79 bits per heavy atom. The average Bonchev–Trinajstić information content (AvgIpc) is 2.61. The van der Waals surface area contributed by atoms with E-state index in [2.05, 4.69) is 23.9 Å². The lowest BCUT2D eigenvalue weighted by molar-refractivity contribution is 0.0932. The van der Waals surface area contributed by atoms with Crippen molar-refractivity contribution < 1.29 is 17.9 Å². The third-order valence-electron chi connectivity index (χ3n) is 4.06. The molecule has 1 atom stereocenters. The number of amides is 1. The molecule has 0 aromatic heterocycles. The second kappa shape index (κ2) is 9.30. The monoisotopic (exact) mass is 424 g/mol. The van der Waals surface area contributed by atoms with E-state index in [1.807, 2.05) is 24.3 Å². The second-order valence-corrected chi connectivity index (χ2v) is 9.15. The van der Waals surface area contributed by atoms with Gasteiger partial charge in [0.2, 0.25) is 10.0 Å². The summed E-state index contributed by atoms with van der Waals surface area (Å²) in [6.07, 6.45) is 1.80. The summed E-state index contributed by atoms with van der Waals surface area (Å²) in [4.78, 5) is 12.7. The molecule has 2 aromatic rings. The highest BCUT2D eigenvalue weighted by molar-refractivity contribution is 7.92. The van der Waals surface area contributed by atoms with Crippen LogP contribution in [0.4, 0.5) is 5.69 Å². The highest BCUT2D eigenvalue weighted by Gasteiger charge is 2.18. The Bertz CT molecular complexity index is 928. The Kier molecular flexibility index (Phi) is 7.32. The fourth-order valence-corrected chi connectivity index (χ4v) is 3.63. The van der Waals surface area contributed by atoms with Crippen molar-refractivity contribution in [1.29, 1.82) is 0 Å². The Morgan fingerprint density at radius 3 is 2.29 bits per heavy atom. The van der Waals surface area contributed by atoms with Gasteiger partial charge in [-0.3, -0.25) is 9.52 Å². The Hall–Kier alpha value is -2.25. The maximum Gasteiger partial charge on any atom is 0.251 e. The summed E-state index contributed by atoms with van der Waals surface area (Å²) in [7, 11) is -1.85. The van der Waals surface area contributed by atoms with Gasteiger partial charge in [-0.15, -0.1) is 0 Å². The zero-order valence-corrected chi connectivity index (χ0v) is 17.9. The Balaban J connectivity index is 2.21. The number of rotatable bonds is 8. The standard InChI is InChI=1S/C20H25ClN2O4S/c1-13(2)11-19(14-5-8-16(27-3)9-6-14)22-20(24)15-7-10-18(17(21)12-15)23-28(4,25)26/h5-10,12-13,19,23H,11H2,1-4H3,(H,22,24). The van der Waals surface area contributed by atoms with E-state index in [1.165, 1.54) is 18.2 Å². The van der Waals surface area contributed by atoms with Gasteiger partial charge < -0.3 is 10.1 Å². The van der Waals surface area contributed by atoms with Crippen molar-refractivity contribution in [2.24, 2.45) is 5.92 Å². The van der Waals surface area contributed by atoms with E-state index in [1.54, 1.807) is 7.11 Å². The molecule has 0 spiro atoms. The summed E-state index contributed by atoms with van der Waals surface area (Å²) in [5.41, 5.74) is 1.56. The van der Waals surface area contributed by atoms with Crippen molar-refractivity contribution in [3.63, 3.8) is 0 Å². The number of sulfonamides is 1. The van der Waals surface area contributed by atoms with Gasteiger partial charge in [0.15, 0.2) is 0 Å². The number of ether oxygens (including phenoxy) is 1. The molecular weight excluding hydrogens is 400 g/mol. The van der Waals surface area contributed by atoms with E-state index in [9.17, 15) is 13.2 Å². The molecule has 0 aliphatic heterocycles. The van der Waals surface area contributed by atoms with Crippen molar-refractivity contribution in [1.82, 2.24) is 5.32 Å². The van der Waals surface area contributed by atoms with Gasteiger partial charge in [0, 0.05) is 5.56 Å². The maximum absolute atomic E-state index is 12.7. The van der Waals surface area contributed by atoms with Crippen molar-refractivity contribution >= 4 is 33.2 Å². The minimum absolute atomic E-state index is 0.155. The van der Waals surface area contributed by atoms with Crippen LogP contribution in [0.15, 0.2) is 42.5 Å². The maximum atomic E-state index is 12.7. The summed E-state index contributed by atoms with van der Waals surface area (Å²) >= 11 is 6.13. The first-order valence-electron chi connectivity index (χ1n) is 8.81. The molecule has 0 bridgehead atoms. The quantitative estimate of drug-likeness (QED) is 0.663. The molecular formula is C20H25ClN2O4S. The summed E-state index contributed by atoms with van der Waals surface area (Å²) in [5.74, 6) is 0.839. The van der Waals surface area contributed by atoms with Crippen LogP contribution < -0.4 is 14.8 Å². The molecule has 0 fully saturated rings. The molecule has 6 nitrogen and oxygen atoms in total. The lowest BCUT2D eigenvalue weighted by Gasteiger charge is -2.22. The smallest absolute Gasteiger partial charge is 0.251 e. The molecule has 0 radical (unpaired) electrons. The topological polar surface area (TPSA) is 84.5 Å². The third kappa shape index (κ3) is 6.42. The van der Waals surface area contributed by atoms with Gasteiger partial charge in [-0.2, -0.15) is 0 Å². The van der Waals surface area contributed by atoms with Crippen molar-refractivity contribution in [2.45, 2.75) is 26.3 Å². The number of hydrogen-bond donors (Lipinski definition) is 2. The first-order chi connectivity index (χ1) is 13.1. The predicted molar refractivity (Wildman–Crippen MR) is 113 cm³/mol. The molecule has 152 valence electrons. The van der Waals surface area contributed by atoms with Crippen LogP contribution in [0.2, 0.25) is 5.02 Å². The molecule has 0 aliphatic carbocycles. The number of carbonyl (C=O) groups is 1. The first kappa shape index (κ1) is 22.0. The number of anilines is 1. The third-order valence-corrected chi connectivity index (χ3v) is 4.96. The summed E-state index contributed by atoms with van der Waals surface area (Å²) in [6, 6.07) is 11.9. The fourth-order valence-electron chi connectivity index (χ4n) is 2.77. The minimum Gasteiger partial charge on any atom is -0.497 e. The summed E-state index contributed by atoms with van der Waals surface area (Å²) in [5, 5.41) is 3.19. The van der Waals surface area contributed by atoms with Gasteiger partial charge in [-0.1, -0.05) is 37.6 Å². The molecule has 0 heterocycles. The molecule has 2 rings (SSSR count). The van der Waals surface area contributed by atoms with Crippen LogP contribution in [0.1, 0.15) is 42.2 Å². The predicted octanol–water partition coefficient (Wildman–Crippen LogP) is 4.24. The van der Waals surface area contributed by atoms with E-state index in [0.717, 1.165) is 24.0 Å².